The molecule has 9 aromatic rings. The van der Waals surface area contributed by atoms with Crippen LogP contribution in [0.1, 0.15) is 22.3 Å². The molecule has 2 heterocycles. The van der Waals surface area contributed by atoms with Crippen LogP contribution in [0.4, 0.5) is 0 Å². The Bertz CT molecular complexity index is 2610. The summed E-state index contributed by atoms with van der Waals surface area (Å²) in [6.45, 7) is 0. The molecule has 230 valence electrons. The predicted octanol–water partition coefficient (Wildman–Crippen LogP) is 11.8. The van der Waals surface area contributed by atoms with Crippen molar-refractivity contribution in [3.05, 3.63) is 192 Å². The quantitative estimate of drug-likeness (QED) is 0.187. The van der Waals surface area contributed by atoms with Crippen LogP contribution >= 0.6 is 11.3 Å². The Labute approximate surface area is 287 Å². The van der Waals surface area contributed by atoms with E-state index < -0.39 is 5.41 Å². The van der Waals surface area contributed by atoms with Gasteiger partial charge in [-0.2, -0.15) is 0 Å². The van der Waals surface area contributed by atoms with E-state index in [4.69, 9.17) is 4.42 Å². The summed E-state index contributed by atoms with van der Waals surface area (Å²) in [6, 6.07) is 60.6. The van der Waals surface area contributed by atoms with E-state index in [9.17, 15) is 0 Å². The van der Waals surface area contributed by atoms with Gasteiger partial charge in [0.2, 0.25) is 11.8 Å². The van der Waals surface area contributed by atoms with Crippen molar-refractivity contribution in [2.45, 2.75) is 5.41 Å². The van der Waals surface area contributed by atoms with Crippen LogP contribution in [0.15, 0.2) is 174 Å². The topological polar surface area (TPSA) is 38.9 Å². The van der Waals surface area contributed by atoms with Crippen molar-refractivity contribution in [2.24, 2.45) is 0 Å². The highest BCUT2D eigenvalue weighted by Gasteiger charge is 2.46. The summed E-state index contributed by atoms with van der Waals surface area (Å²) in [7, 11) is 0. The molecular formula is C45H28N2OS. The molecule has 0 amide bonds. The third kappa shape index (κ3) is 4.21. The molecule has 0 N–H and O–H groups in total. The van der Waals surface area contributed by atoms with Gasteiger partial charge in [0.05, 0.1) is 5.41 Å². The largest absolute Gasteiger partial charge is 0.416 e. The van der Waals surface area contributed by atoms with Gasteiger partial charge in [0.15, 0.2) is 0 Å². The van der Waals surface area contributed by atoms with E-state index in [1.165, 1.54) is 59.1 Å². The normalized spacial score (nSPS) is 13.1. The maximum absolute atomic E-state index is 6.41. The molecule has 7 aromatic carbocycles. The minimum absolute atomic E-state index is 0.486. The van der Waals surface area contributed by atoms with Crippen molar-refractivity contribution in [3.63, 3.8) is 0 Å². The highest BCUT2D eigenvalue weighted by molar-refractivity contribution is 7.26. The lowest BCUT2D eigenvalue weighted by Crippen LogP contribution is -2.28. The van der Waals surface area contributed by atoms with Crippen molar-refractivity contribution >= 4 is 31.5 Å². The van der Waals surface area contributed by atoms with Crippen molar-refractivity contribution in [3.8, 4) is 45.2 Å². The standard InChI is InChI=1S/C45H28N2OS/c1-3-12-32(13-4-1)45(33-14-5-2-6-15-33)39-20-9-7-16-35(39)36-27-26-31(28-40(36)45)44-47-46-43(48-44)30-24-22-29(23-25-30)34-18-11-19-38-37-17-8-10-21-41(37)49-42(34)38/h1-28H. The monoisotopic (exact) mass is 644 g/mol. The van der Waals surface area contributed by atoms with Gasteiger partial charge >= 0.3 is 0 Å². The summed E-state index contributed by atoms with van der Waals surface area (Å²) < 4.78 is 9.02. The Morgan fingerprint density at radius 2 is 1.00 bits per heavy atom. The molecule has 10 rings (SSSR count). The summed E-state index contributed by atoms with van der Waals surface area (Å²) in [5.41, 5.74) is 11.1. The van der Waals surface area contributed by atoms with Crippen molar-refractivity contribution in [2.75, 3.05) is 0 Å². The predicted molar refractivity (Wildman–Crippen MR) is 201 cm³/mol. The Hall–Kier alpha value is -6.10. The molecule has 2 aromatic heterocycles. The van der Waals surface area contributed by atoms with Crippen molar-refractivity contribution in [1.29, 1.82) is 0 Å². The van der Waals surface area contributed by atoms with Gasteiger partial charge in [0.1, 0.15) is 0 Å². The van der Waals surface area contributed by atoms with Gasteiger partial charge in [-0.15, -0.1) is 21.5 Å². The minimum atomic E-state index is -0.486. The molecule has 3 nitrogen and oxygen atoms in total. The van der Waals surface area contributed by atoms with Gasteiger partial charge in [-0.05, 0) is 74.8 Å². The van der Waals surface area contributed by atoms with Crippen LogP contribution in [0.5, 0.6) is 0 Å². The number of aromatic nitrogens is 2. The van der Waals surface area contributed by atoms with E-state index in [1.807, 2.05) is 11.3 Å². The summed E-state index contributed by atoms with van der Waals surface area (Å²) >= 11 is 1.85. The minimum Gasteiger partial charge on any atom is -0.416 e. The highest BCUT2D eigenvalue weighted by Crippen LogP contribution is 2.56. The van der Waals surface area contributed by atoms with Gasteiger partial charge in [0, 0.05) is 31.3 Å². The van der Waals surface area contributed by atoms with Gasteiger partial charge in [-0.1, -0.05) is 140 Å². The molecule has 0 saturated heterocycles. The van der Waals surface area contributed by atoms with Crippen LogP contribution in [-0.4, -0.2) is 10.2 Å². The summed E-state index contributed by atoms with van der Waals surface area (Å²) in [5, 5.41) is 11.7. The summed E-state index contributed by atoms with van der Waals surface area (Å²) in [5.74, 6) is 1.01. The SMILES string of the molecule is c1ccc(C2(c3ccccc3)c3ccccc3-c3ccc(-c4nnc(-c5ccc(-c6cccc7c6sc6ccccc67)cc5)o4)cc32)cc1. The fourth-order valence-corrected chi connectivity index (χ4v) is 9.04. The molecule has 0 bridgehead atoms. The lowest BCUT2D eigenvalue weighted by molar-refractivity contribution is 0.584. The Morgan fingerprint density at radius 3 is 1.78 bits per heavy atom. The molecule has 1 aliphatic rings. The second kappa shape index (κ2) is 11.0. The molecule has 0 unspecified atom stereocenters. The Kier molecular flexibility index (Phi) is 6.27. The van der Waals surface area contributed by atoms with E-state index in [1.54, 1.807) is 0 Å². The first-order valence-electron chi connectivity index (χ1n) is 16.5. The molecule has 0 atom stereocenters. The zero-order valence-corrected chi connectivity index (χ0v) is 27.2. The van der Waals surface area contributed by atoms with Gasteiger partial charge in [0.25, 0.3) is 0 Å². The van der Waals surface area contributed by atoms with Crippen LogP contribution < -0.4 is 0 Å². The second-order valence-corrected chi connectivity index (χ2v) is 13.6. The first kappa shape index (κ1) is 28.0. The first-order valence-corrected chi connectivity index (χ1v) is 17.3. The summed E-state index contributed by atoms with van der Waals surface area (Å²) in [6.07, 6.45) is 0. The zero-order valence-electron chi connectivity index (χ0n) is 26.4. The maximum Gasteiger partial charge on any atom is 0.248 e. The average molecular weight is 645 g/mol. The van der Waals surface area contributed by atoms with Gasteiger partial charge < -0.3 is 4.42 Å². The smallest absolute Gasteiger partial charge is 0.248 e. The lowest BCUT2D eigenvalue weighted by Gasteiger charge is -2.34. The number of thiophene rings is 1. The van der Waals surface area contributed by atoms with Crippen molar-refractivity contribution < 1.29 is 4.42 Å². The van der Waals surface area contributed by atoms with E-state index in [-0.39, 0.29) is 0 Å². The van der Waals surface area contributed by atoms with Crippen LogP contribution in [0.2, 0.25) is 0 Å². The Morgan fingerprint density at radius 1 is 0.429 bits per heavy atom. The Balaban J connectivity index is 1.05. The van der Waals surface area contributed by atoms with Crippen LogP contribution in [-0.2, 0) is 5.41 Å². The number of fused-ring (bicyclic) bond motifs is 6. The first-order chi connectivity index (χ1) is 24.3. The molecule has 0 saturated carbocycles. The van der Waals surface area contributed by atoms with E-state index in [2.05, 4.69) is 180 Å². The van der Waals surface area contributed by atoms with Crippen LogP contribution in [0, 0.1) is 0 Å². The number of rotatable bonds is 5. The number of benzene rings is 7. The number of hydrogen-bond donors (Lipinski definition) is 0. The molecule has 0 fully saturated rings. The fraction of sp³-hybridized carbons (Fsp3) is 0.0222. The van der Waals surface area contributed by atoms with Gasteiger partial charge in [-0.25, -0.2) is 0 Å². The maximum atomic E-state index is 6.41. The molecule has 0 aliphatic heterocycles. The van der Waals surface area contributed by atoms with Crippen molar-refractivity contribution in [1.82, 2.24) is 10.2 Å². The molecular weight excluding hydrogens is 617 g/mol. The molecule has 0 radical (unpaired) electrons. The highest BCUT2D eigenvalue weighted by atomic mass is 32.1. The van der Waals surface area contributed by atoms with Crippen LogP contribution in [0.25, 0.3) is 65.3 Å². The van der Waals surface area contributed by atoms with Gasteiger partial charge in [-0.3, -0.25) is 0 Å². The summed E-state index contributed by atoms with van der Waals surface area (Å²) in [4.78, 5) is 0. The van der Waals surface area contributed by atoms with E-state index in [0.717, 1.165) is 16.7 Å². The van der Waals surface area contributed by atoms with E-state index >= 15 is 0 Å². The zero-order chi connectivity index (χ0) is 32.4. The fourth-order valence-electron chi connectivity index (χ4n) is 7.80. The van der Waals surface area contributed by atoms with E-state index in [0.29, 0.717) is 11.8 Å². The lowest BCUT2D eigenvalue weighted by atomic mass is 9.67. The second-order valence-electron chi connectivity index (χ2n) is 12.6. The van der Waals surface area contributed by atoms with Crippen LogP contribution in [0.3, 0.4) is 0 Å². The molecule has 4 heteroatoms. The third-order valence-electron chi connectivity index (χ3n) is 9.98. The number of nitrogens with zero attached hydrogens (tertiary/aromatic N) is 2. The molecule has 49 heavy (non-hydrogen) atoms. The third-order valence-corrected chi connectivity index (χ3v) is 11.2. The molecule has 0 spiro atoms. The molecule has 1 aliphatic carbocycles. The number of hydrogen-bond acceptors (Lipinski definition) is 4. The average Bonchev–Trinajstić information content (AvgIpc) is 3.89.